The molecule has 0 radical (unpaired) electrons. The van der Waals surface area contributed by atoms with Crippen molar-refractivity contribution in [2.24, 2.45) is 23.7 Å². The Morgan fingerprint density at radius 3 is 2.14 bits per heavy atom. The molecule has 4 N–H and O–H groups in total. The molecule has 1 aromatic rings. The highest BCUT2D eigenvalue weighted by Crippen LogP contribution is 2.30. The standard InChI is InChI=1S/C37H63N5O8S/c1-12-23(6)32(41(9)36(46)31(22(4)5)40-35(45)30(38-8)21(2)3)28(49-10)20-29(43)42-17-13-16-27(42)33(50-11)24(7)34(44)39-26(37(47)48)19-25-15-14-18-51-25/h14-15,18,21-24,26-28,30-33,38H,12-13,16-17,19-20H2,1-11H3,(H,39,44)(H,40,45)(H,47,48)/t23-,24+,26?,27?,28+,30?,31?,32-,33+/m0/s1. The van der Waals surface area contributed by atoms with Crippen LogP contribution in [0.1, 0.15) is 79.0 Å². The van der Waals surface area contributed by atoms with Crippen molar-refractivity contribution in [2.45, 2.75) is 123 Å². The van der Waals surface area contributed by atoms with Crippen LogP contribution in [0.25, 0.3) is 0 Å². The van der Waals surface area contributed by atoms with Crippen molar-refractivity contribution in [3.05, 3.63) is 22.4 Å². The van der Waals surface area contributed by atoms with Crippen LogP contribution in [0.5, 0.6) is 0 Å². The number of nitrogens with zero attached hydrogens (tertiary/aromatic N) is 2. The summed E-state index contributed by atoms with van der Waals surface area (Å²) in [6.07, 6.45) is 0.886. The number of carboxylic acids is 1. The number of nitrogens with one attached hydrogen (secondary N) is 3. The van der Waals surface area contributed by atoms with Gasteiger partial charge in [-0.3, -0.25) is 19.2 Å². The van der Waals surface area contributed by atoms with Gasteiger partial charge in [0.25, 0.3) is 0 Å². The molecule has 1 fully saturated rings. The Labute approximate surface area is 308 Å². The number of methoxy groups -OCH3 is 2. The van der Waals surface area contributed by atoms with Crippen LogP contribution in [-0.4, -0.2) is 122 Å². The minimum absolute atomic E-state index is 0.00752. The van der Waals surface area contributed by atoms with Crippen molar-refractivity contribution in [3.8, 4) is 0 Å². The van der Waals surface area contributed by atoms with Gasteiger partial charge in [-0.2, -0.15) is 0 Å². The first kappa shape index (κ1) is 44.1. The Kier molecular flexibility index (Phi) is 18.0. The zero-order valence-corrected chi connectivity index (χ0v) is 33.2. The Morgan fingerprint density at radius 2 is 1.65 bits per heavy atom. The molecule has 51 heavy (non-hydrogen) atoms. The average molecular weight is 738 g/mol. The molecular weight excluding hydrogens is 675 g/mol. The number of carbonyl (C=O) groups is 5. The molecule has 0 aliphatic carbocycles. The Balaban J connectivity index is 2.26. The highest BCUT2D eigenvalue weighted by atomic mass is 32.1. The number of likely N-dealkylation sites (tertiary alicyclic amines) is 1. The molecule has 13 nitrogen and oxygen atoms in total. The van der Waals surface area contributed by atoms with Crippen LogP contribution in [0.15, 0.2) is 17.5 Å². The molecule has 14 heteroatoms. The maximum atomic E-state index is 14.1. The van der Waals surface area contributed by atoms with Crippen LogP contribution in [0.4, 0.5) is 0 Å². The molecule has 0 saturated carbocycles. The van der Waals surface area contributed by atoms with Crippen LogP contribution < -0.4 is 16.0 Å². The summed E-state index contributed by atoms with van der Waals surface area (Å²) in [5.74, 6) is -3.22. The molecule has 290 valence electrons. The predicted molar refractivity (Wildman–Crippen MR) is 198 cm³/mol. The number of rotatable bonds is 21. The van der Waals surface area contributed by atoms with Crippen molar-refractivity contribution in [3.63, 3.8) is 0 Å². The summed E-state index contributed by atoms with van der Waals surface area (Å²) in [7, 11) is 6.46. The van der Waals surface area contributed by atoms with Crippen LogP contribution in [-0.2, 0) is 39.9 Å². The van der Waals surface area contributed by atoms with Crippen LogP contribution in [0.2, 0.25) is 0 Å². The van der Waals surface area contributed by atoms with Gasteiger partial charge in [0, 0.05) is 39.1 Å². The van der Waals surface area contributed by atoms with Gasteiger partial charge in [-0.05, 0) is 49.1 Å². The summed E-state index contributed by atoms with van der Waals surface area (Å²) in [6.45, 7) is 13.9. The van der Waals surface area contributed by atoms with Crippen LogP contribution >= 0.6 is 11.3 Å². The maximum Gasteiger partial charge on any atom is 0.326 e. The van der Waals surface area contributed by atoms with E-state index in [0.29, 0.717) is 19.4 Å². The van der Waals surface area contributed by atoms with E-state index in [1.807, 2.05) is 59.1 Å². The number of amides is 4. The van der Waals surface area contributed by atoms with Gasteiger partial charge in [0.2, 0.25) is 23.6 Å². The molecule has 9 atom stereocenters. The lowest BCUT2D eigenvalue weighted by Gasteiger charge is -2.41. The Morgan fingerprint density at radius 1 is 1.00 bits per heavy atom. The van der Waals surface area contributed by atoms with Gasteiger partial charge in [0.1, 0.15) is 12.1 Å². The third kappa shape index (κ3) is 11.7. The van der Waals surface area contributed by atoms with Crippen LogP contribution in [0.3, 0.4) is 0 Å². The van der Waals surface area contributed by atoms with Gasteiger partial charge in [0.05, 0.1) is 42.7 Å². The van der Waals surface area contributed by atoms with Gasteiger partial charge >= 0.3 is 5.97 Å². The zero-order chi connectivity index (χ0) is 38.6. The summed E-state index contributed by atoms with van der Waals surface area (Å²) in [5, 5.41) is 20.3. The number of hydrogen-bond acceptors (Lipinski definition) is 9. The predicted octanol–water partition coefficient (Wildman–Crippen LogP) is 3.17. The van der Waals surface area contributed by atoms with E-state index in [9.17, 15) is 29.1 Å². The first-order valence-electron chi connectivity index (χ1n) is 18.2. The molecular formula is C37H63N5O8S. The van der Waals surface area contributed by atoms with E-state index < -0.39 is 60.2 Å². The quantitative estimate of drug-likeness (QED) is 0.148. The van der Waals surface area contributed by atoms with Gasteiger partial charge in [-0.25, -0.2) is 4.79 Å². The molecule has 0 spiro atoms. The minimum Gasteiger partial charge on any atom is -0.480 e. The van der Waals surface area contributed by atoms with E-state index >= 15 is 0 Å². The van der Waals surface area contributed by atoms with Gasteiger partial charge in [0.15, 0.2) is 0 Å². The third-order valence-electron chi connectivity index (χ3n) is 10.3. The van der Waals surface area contributed by atoms with Crippen molar-refractivity contribution >= 4 is 40.9 Å². The van der Waals surface area contributed by atoms with Crippen molar-refractivity contribution in [2.75, 3.05) is 34.9 Å². The first-order valence-corrected chi connectivity index (χ1v) is 19.1. The minimum atomic E-state index is -1.12. The second kappa shape index (κ2) is 20.8. The highest BCUT2D eigenvalue weighted by molar-refractivity contribution is 7.09. The lowest BCUT2D eigenvalue weighted by molar-refractivity contribution is -0.148. The molecule has 0 bridgehead atoms. The van der Waals surface area contributed by atoms with Gasteiger partial charge in [-0.15, -0.1) is 11.3 Å². The van der Waals surface area contributed by atoms with Crippen molar-refractivity contribution in [1.29, 1.82) is 0 Å². The summed E-state index contributed by atoms with van der Waals surface area (Å²) < 4.78 is 11.8. The van der Waals surface area contributed by atoms with Crippen molar-refractivity contribution in [1.82, 2.24) is 25.8 Å². The number of likely N-dealkylation sites (N-methyl/N-ethyl adjacent to an activating group) is 2. The normalized spacial score (nSPS) is 19.5. The van der Waals surface area contributed by atoms with Crippen molar-refractivity contribution < 1.29 is 38.6 Å². The summed E-state index contributed by atoms with van der Waals surface area (Å²) in [6, 6.07) is 0.450. The molecule has 0 aromatic carbocycles. The SMILES string of the molecule is CC[C@H](C)[C@@H]([C@@H](CC(=O)N1CCCC1[C@H](OC)[C@@H](C)C(=O)NC(Cc1cccs1)C(=O)O)OC)N(C)C(=O)C(NC(=O)C(NC)C(C)C)C(C)C. The number of aliphatic carboxylic acids is 1. The van der Waals surface area contributed by atoms with Crippen LogP contribution in [0, 0.1) is 23.7 Å². The molecule has 2 heterocycles. The fourth-order valence-corrected chi connectivity index (χ4v) is 7.93. The molecule has 1 saturated heterocycles. The van der Waals surface area contributed by atoms with E-state index in [2.05, 4.69) is 16.0 Å². The smallest absolute Gasteiger partial charge is 0.326 e. The monoisotopic (exact) mass is 737 g/mol. The van der Waals surface area contributed by atoms with Gasteiger partial charge in [-0.1, -0.05) is 61.0 Å². The van der Waals surface area contributed by atoms with E-state index in [4.69, 9.17) is 9.47 Å². The lowest BCUT2D eigenvalue weighted by atomic mass is 9.89. The lowest BCUT2D eigenvalue weighted by Crippen LogP contribution is -2.59. The average Bonchev–Trinajstić information content (AvgIpc) is 3.79. The molecule has 1 aliphatic rings. The molecule has 1 aliphatic heterocycles. The van der Waals surface area contributed by atoms with E-state index in [1.54, 1.807) is 30.8 Å². The fourth-order valence-electron chi connectivity index (χ4n) is 7.18. The summed E-state index contributed by atoms with van der Waals surface area (Å²) >= 11 is 1.43. The third-order valence-corrected chi connectivity index (χ3v) is 11.2. The summed E-state index contributed by atoms with van der Waals surface area (Å²) in [5.41, 5.74) is 0. The van der Waals surface area contributed by atoms with E-state index in [-0.39, 0.29) is 48.3 Å². The Bertz CT molecular complexity index is 1280. The second-order valence-electron chi connectivity index (χ2n) is 14.5. The number of thiophene rings is 1. The fraction of sp³-hybridized carbons (Fsp3) is 0.757. The Hall–Kier alpha value is -3.07. The molecule has 4 unspecified atom stereocenters. The number of carboxylic acid groups (broad SMARTS) is 1. The first-order chi connectivity index (χ1) is 24.0. The number of hydrogen-bond donors (Lipinski definition) is 4. The maximum absolute atomic E-state index is 14.1. The molecule has 4 amide bonds. The number of ether oxygens (including phenoxy) is 2. The van der Waals surface area contributed by atoms with E-state index in [1.165, 1.54) is 25.6 Å². The molecule has 1 aromatic heterocycles. The van der Waals surface area contributed by atoms with E-state index in [0.717, 1.165) is 11.3 Å². The summed E-state index contributed by atoms with van der Waals surface area (Å²) in [4.78, 5) is 71.0. The van der Waals surface area contributed by atoms with Gasteiger partial charge < -0.3 is 40.3 Å². The molecule has 2 rings (SSSR count). The highest BCUT2D eigenvalue weighted by Gasteiger charge is 2.43. The topological polar surface area (TPSA) is 167 Å². The number of carbonyl (C=O) groups excluding carboxylic acids is 4. The largest absolute Gasteiger partial charge is 0.480 e. The zero-order valence-electron chi connectivity index (χ0n) is 32.4. The second-order valence-corrected chi connectivity index (χ2v) is 15.5.